The molecular formula is C20H21N. The van der Waals surface area contributed by atoms with E-state index in [9.17, 15) is 0 Å². The Bertz CT molecular complexity index is 779. The Balaban J connectivity index is 2.32. The standard InChI is InChI=1S/C20H21N/c1-12-8-13(2)18-6-7-19(20(18)14(3)9-12)17-10-15(4)21-16(5)11-17/h6-11H,1-5H3. The number of fused-ring (bicyclic) bond motifs is 1. The van der Waals surface area contributed by atoms with E-state index < -0.39 is 0 Å². The molecule has 1 heterocycles. The average molecular weight is 275 g/mol. The molecule has 0 saturated carbocycles. The van der Waals surface area contributed by atoms with Gasteiger partial charge in [-0.15, -0.1) is 0 Å². The lowest BCUT2D eigenvalue weighted by atomic mass is 9.97. The van der Waals surface area contributed by atoms with E-state index in [-0.39, 0.29) is 0 Å². The summed E-state index contributed by atoms with van der Waals surface area (Å²) in [6, 6.07) is 13.4. The summed E-state index contributed by atoms with van der Waals surface area (Å²) < 4.78 is 0. The minimum atomic E-state index is 1.07. The molecule has 1 nitrogen and oxygen atoms in total. The molecule has 1 heteroatoms. The lowest BCUT2D eigenvalue weighted by molar-refractivity contribution is 1.12. The number of rotatable bonds is 1. The van der Waals surface area contributed by atoms with E-state index in [1.54, 1.807) is 0 Å². The Kier molecular flexibility index (Phi) is 3.29. The second-order valence-corrected chi connectivity index (χ2v) is 6.07. The highest BCUT2D eigenvalue weighted by atomic mass is 14.7. The van der Waals surface area contributed by atoms with Crippen LogP contribution < -0.4 is 0 Å². The van der Waals surface area contributed by atoms with Crippen molar-refractivity contribution in [1.82, 2.24) is 4.98 Å². The van der Waals surface area contributed by atoms with Gasteiger partial charge in [-0.25, -0.2) is 0 Å². The quantitative estimate of drug-likeness (QED) is 0.580. The van der Waals surface area contributed by atoms with Crippen molar-refractivity contribution in [1.29, 1.82) is 0 Å². The number of hydrogen-bond donors (Lipinski definition) is 0. The van der Waals surface area contributed by atoms with Crippen molar-refractivity contribution < 1.29 is 0 Å². The van der Waals surface area contributed by atoms with Gasteiger partial charge in [-0.2, -0.15) is 0 Å². The monoisotopic (exact) mass is 275 g/mol. The maximum atomic E-state index is 4.49. The average Bonchev–Trinajstić information content (AvgIpc) is 2.77. The summed E-state index contributed by atoms with van der Waals surface area (Å²) in [4.78, 5) is 4.49. The van der Waals surface area contributed by atoms with Crippen LogP contribution in [-0.2, 0) is 0 Å². The molecule has 0 fully saturated rings. The molecule has 0 atom stereocenters. The molecule has 1 aromatic heterocycles. The van der Waals surface area contributed by atoms with E-state index in [4.69, 9.17) is 0 Å². The Hall–Kier alpha value is -2.15. The lowest BCUT2D eigenvalue weighted by Gasteiger charge is -2.08. The summed E-state index contributed by atoms with van der Waals surface area (Å²) >= 11 is 0. The van der Waals surface area contributed by atoms with Crippen LogP contribution in [0, 0.1) is 34.6 Å². The minimum absolute atomic E-state index is 1.07. The molecule has 0 unspecified atom stereocenters. The van der Waals surface area contributed by atoms with Crippen LogP contribution in [0.25, 0.3) is 22.3 Å². The SMILES string of the molecule is Cc1cc(C)c2ccc(-c3cc(C)nc(C)c3)c-2c(C)c1. The summed E-state index contributed by atoms with van der Waals surface area (Å²) in [5, 5.41) is 0. The highest BCUT2D eigenvalue weighted by Gasteiger charge is 2.15. The zero-order valence-electron chi connectivity index (χ0n) is 13.4. The Morgan fingerprint density at radius 2 is 1.24 bits per heavy atom. The van der Waals surface area contributed by atoms with E-state index in [1.165, 1.54) is 38.9 Å². The fourth-order valence-electron chi connectivity index (χ4n) is 3.34. The van der Waals surface area contributed by atoms with Crippen LogP contribution in [0.5, 0.6) is 0 Å². The fourth-order valence-corrected chi connectivity index (χ4v) is 3.34. The van der Waals surface area contributed by atoms with Crippen molar-refractivity contribution in [3.8, 4) is 22.3 Å². The Morgan fingerprint density at radius 3 is 1.90 bits per heavy atom. The van der Waals surface area contributed by atoms with Crippen molar-refractivity contribution in [2.24, 2.45) is 0 Å². The van der Waals surface area contributed by atoms with Gasteiger partial charge >= 0.3 is 0 Å². The van der Waals surface area contributed by atoms with E-state index in [0.29, 0.717) is 0 Å². The molecular weight excluding hydrogens is 254 g/mol. The van der Waals surface area contributed by atoms with Crippen molar-refractivity contribution >= 4 is 0 Å². The first kappa shape index (κ1) is 13.8. The molecule has 3 rings (SSSR count). The van der Waals surface area contributed by atoms with E-state index in [2.05, 4.69) is 76.0 Å². The number of aryl methyl sites for hydroxylation is 5. The molecule has 0 amide bonds. The van der Waals surface area contributed by atoms with Gasteiger partial charge in [0.2, 0.25) is 0 Å². The number of nitrogens with zero attached hydrogens (tertiary/aromatic N) is 1. The molecule has 21 heavy (non-hydrogen) atoms. The topological polar surface area (TPSA) is 12.9 Å². The van der Waals surface area contributed by atoms with Crippen molar-refractivity contribution in [3.63, 3.8) is 0 Å². The van der Waals surface area contributed by atoms with Gasteiger partial charge in [0, 0.05) is 11.4 Å². The Morgan fingerprint density at radius 1 is 0.667 bits per heavy atom. The molecule has 2 aliphatic carbocycles. The molecule has 0 saturated heterocycles. The van der Waals surface area contributed by atoms with Crippen molar-refractivity contribution in [3.05, 3.63) is 64.5 Å². The van der Waals surface area contributed by atoms with Crippen LogP contribution in [0.3, 0.4) is 0 Å². The van der Waals surface area contributed by atoms with Crippen molar-refractivity contribution in [2.45, 2.75) is 34.6 Å². The third-order valence-corrected chi connectivity index (χ3v) is 4.06. The lowest BCUT2D eigenvalue weighted by Crippen LogP contribution is -1.89. The molecule has 0 radical (unpaired) electrons. The first-order valence-corrected chi connectivity index (χ1v) is 7.42. The maximum absolute atomic E-state index is 4.49. The highest BCUT2D eigenvalue weighted by Crippen LogP contribution is 2.39. The van der Waals surface area contributed by atoms with Gasteiger partial charge in [0.1, 0.15) is 0 Å². The number of pyridine rings is 1. The third-order valence-electron chi connectivity index (χ3n) is 4.06. The highest BCUT2D eigenvalue weighted by molar-refractivity contribution is 5.90. The molecule has 0 bridgehead atoms. The maximum Gasteiger partial charge on any atom is 0.0382 e. The van der Waals surface area contributed by atoms with Gasteiger partial charge in [0.05, 0.1) is 0 Å². The molecule has 106 valence electrons. The normalized spacial score (nSPS) is 11.1. The van der Waals surface area contributed by atoms with Crippen LogP contribution in [0.1, 0.15) is 28.1 Å². The van der Waals surface area contributed by atoms with Crippen LogP contribution in [-0.4, -0.2) is 4.98 Å². The second kappa shape index (κ2) is 5.00. The predicted molar refractivity (Wildman–Crippen MR) is 90.0 cm³/mol. The molecule has 0 N–H and O–H groups in total. The van der Waals surface area contributed by atoms with Gasteiger partial charge in [-0.05, 0) is 80.1 Å². The molecule has 2 aliphatic rings. The molecule has 1 aromatic rings. The first-order chi connectivity index (χ1) is 9.95. The van der Waals surface area contributed by atoms with Crippen LogP contribution in [0.4, 0.5) is 0 Å². The largest absolute Gasteiger partial charge is 0.258 e. The van der Waals surface area contributed by atoms with E-state index in [1.807, 2.05) is 0 Å². The molecule has 0 spiro atoms. The summed E-state index contributed by atoms with van der Waals surface area (Å²) in [6.07, 6.45) is 0. The summed E-state index contributed by atoms with van der Waals surface area (Å²) in [7, 11) is 0. The number of hydrogen-bond acceptors (Lipinski definition) is 1. The summed E-state index contributed by atoms with van der Waals surface area (Å²) in [5.41, 5.74) is 11.4. The fraction of sp³-hybridized carbons (Fsp3) is 0.250. The van der Waals surface area contributed by atoms with Crippen LogP contribution in [0.2, 0.25) is 0 Å². The predicted octanol–water partition coefficient (Wildman–Crippen LogP) is 5.40. The van der Waals surface area contributed by atoms with Crippen molar-refractivity contribution in [2.75, 3.05) is 0 Å². The summed E-state index contributed by atoms with van der Waals surface area (Å²) in [5.74, 6) is 0. The third kappa shape index (κ3) is 2.44. The van der Waals surface area contributed by atoms with Crippen LogP contribution >= 0.6 is 0 Å². The zero-order chi connectivity index (χ0) is 15.1. The minimum Gasteiger partial charge on any atom is -0.258 e. The van der Waals surface area contributed by atoms with Gasteiger partial charge < -0.3 is 0 Å². The van der Waals surface area contributed by atoms with Crippen LogP contribution in [0.15, 0.2) is 36.4 Å². The number of aromatic nitrogens is 1. The van der Waals surface area contributed by atoms with Gasteiger partial charge in [-0.3, -0.25) is 4.98 Å². The molecule has 0 aromatic carbocycles. The summed E-state index contributed by atoms with van der Waals surface area (Å²) in [6.45, 7) is 10.7. The zero-order valence-corrected chi connectivity index (χ0v) is 13.4. The van der Waals surface area contributed by atoms with E-state index in [0.717, 1.165) is 11.4 Å². The molecule has 0 aliphatic heterocycles. The smallest absolute Gasteiger partial charge is 0.0382 e. The Labute approximate surface area is 127 Å². The van der Waals surface area contributed by atoms with E-state index >= 15 is 0 Å². The first-order valence-electron chi connectivity index (χ1n) is 7.42. The van der Waals surface area contributed by atoms with Gasteiger partial charge in [0.15, 0.2) is 0 Å². The van der Waals surface area contributed by atoms with Gasteiger partial charge in [-0.1, -0.05) is 29.8 Å². The van der Waals surface area contributed by atoms with Gasteiger partial charge in [0.25, 0.3) is 0 Å². The second-order valence-electron chi connectivity index (χ2n) is 6.07.